The summed E-state index contributed by atoms with van der Waals surface area (Å²) in [5.41, 5.74) is -0.238. The van der Waals surface area contributed by atoms with Crippen molar-refractivity contribution in [3.8, 4) is 11.5 Å². The highest BCUT2D eigenvalue weighted by Crippen LogP contribution is 2.27. The van der Waals surface area contributed by atoms with Crippen molar-refractivity contribution in [2.45, 2.75) is 32.4 Å². The molecular weight excluding hydrogens is 396 g/mol. The molecule has 2 rings (SSSR count). The Hall–Kier alpha value is -3.82. The minimum atomic E-state index is -1.45. The van der Waals surface area contributed by atoms with Gasteiger partial charge in [-0.15, -0.1) is 10.1 Å². The summed E-state index contributed by atoms with van der Waals surface area (Å²) in [5, 5.41) is 31.2. The number of aromatic hydroxyl groups is 2. The van der Waals surface area contributed by atoms with Gasteiger partial charge in [-0.1, -0.05) is 18.2 Å². The highest BCUT2D eigenvalue weighted by atomic mass is 16.9. The first kappa shape index (κ1) is 22.5. The van der Waals surface area contributed by atoms with Gasteiger partial charge in [0, 0.05) is 12.0 Å². The van der Waals surface area contributed by atoms with Crippen LogP contribution in [0.3, 0.4) is 0 Å². The molecule has 2 aromatic rings. The van der Waals surface area contributed by atoms with Crippen molar-refractivity contribution in [2.24, 2.45) is 0 Å². The third-order valence-electron chi connectivity index (χ3n) is 4.27. The van der Waals surface area contributed by atoms with Gasteiger partial charge >= 0.3 is 5.97 Å². The van der Waals surface area contributed by atoms with Gasteiger partial charge in [0.25, 0.3) is 11.0 Å². The molecule has 30 heavy (non-hydrogen) atoms. The number of phenols is 2. The summed E-state index contributed by atoms with van der Waals surface area (Å²) in [6.45, 7) is 2.99. The number of hydrogen-bond acceptors (Lipinski definition) is 8. The molecule has 0 fully saturated rings. The van der Waals surface area contributed by atoms with Crippen LogP contribution in [0, 0.1) is 10.1 Å². The monoisotopic (exact) mass is 418 g/mol. The lowest BCUT2D eigenvalue weighted by Gasteiger charge is -2.29. The van der Waals surface area contributed by atoms with E-state index in [0.717, 1.165) is 0 Å². The molecule has 10 nitrogen and oxygen atoms in total. The Labute approximate surface area is 172 Å². The van der Waals surface area contributed by atoms with Crippen molar-refractivity contribution in [1.82, 2.24) is 5.32 Å². The lowest BCUT2D eigenvalue weighted by Crippen LogP contribution is -2.54. The molecule has 0 saturated carbocycles. The molecule has 0 aliphatic rings. The number of amides is 1. The maximum atomic E-state index is 12.7. The largest absolute Gasteiger partial charge is 0.504 e. The third kappa shape index (κ3) is 5.84. The fourth-order valence-corrected chi connectivity index (χ4v) is 2.75. The zero-order valence-electron chi connectivity index (χ0n) is 16.5. The number of carbonyl (C=O) groups excluding carboxylic acids is 2. The number of rotatable bonds is 9. The van der Waals surface area contributed by atoms with Gasteiger partial charge in [-0.3, -0.25) is 4.79 Å². The molecule has 0 spiro atoms. The number of nitrogens with zero attached hydrogens (tertiary/aromatic N) is 1. The summed E-state index contributed by atoms with van der Waals surface area (Å²) < 4.78 is 5.10. The molecule has 0 heterocycles. The molecule has 0 aliphatic heterocycles. The highest BCUT2D eigenvalue weighted by molar-refractivity contribution is 5.98. The van der Waals surface area contributed by atoms with E-state index in [9.17, 15) is 29.9 Å². The molecule has 0 radical (unpaired) electrons. The molecule has 1 atom stereocenters. The average molecular weight is 418 g/mol. The first-order valence-electron chi connectivity index (χ1n) is 9.01. The summed E-state index contributed by atoms with van der Waals surface area (Å²) in [6, 6.07) is 9.99. The van der Waals surface area contributed by atoms with Crippen LogP contribution >= 0.6 is 0 Å². The van der Waals surface area contributed by atoms with Crippen molar-refractivity contribution in [2.75, 3.05) is 6.61 Å². The smallest absolute Gasteiger partial charge is 0.331 e. The van der Waals surface area contributed by atoms with Gasteiger partial charge < -0.3 is 25.1 Å². The third-order valence-corrected chi connectivity index (χ3v) is 4.27. The van der Waals surface area contributed by atoms with Gasteiger partial charge in [0.05, 0.1) is 6.61 Å². The molecule has 160 valence electrons. The van der Waals surface area contributed by atoms with Crippen molar-refractivity contribution >= 4 is 11.9 Å². The number of ether oxygens (including phenoxy) is 1. The minimum Gasteiger partial charge on any atom is -0.504 e. The maximum absolute atomic E-state index is 12.7. The van der Waals surface area contributed by atoms with Gasteiger partial charge in [-0.25, -0.2) is 4.79 Å². The van der Waals surface area contributed by atoms with Crippen molar-refractivity contribution in [1.29, 1.82) is 0 Å². The lowest BCUT2D eigenvalue weighted by molar-refractivity contribution is -0.763. The van der Waals surface area contributed by atoms with E-state index in [1.807, 2.05) is 0 Å². The summed E-state index contributed by atoms with van der Waals surface area (Å²) >= 11 is 0. The molecule has 1 amide bonds. The number of carbonyl (C=O) groups is 2. The van der Waals surface area contributed by atoms with E-state index >= 15 is 0 Å². The maximum Gasteiger partial charge on any atom is 0.331 e. The van der Waals surface area contributed by atoms with Crippen LogP contribution in [0.4, 0.5) is 0 Å². The van der Waals surface area contributed by atoms with Crippen molar-refractivity contribution in [3.05, 3.63) is 69.3 Å². The first-order valence-corrected chi connectivity index (χ1v) is 9.01. The normalized spacial score (nSPS) is 12.5. The zero-order valence-corrected chi connectivity index (χ0v) is 16.5. The summed E-state index contributed by atoms with van der Waals surface area (Å²) in [6.07, 6.45) is 0.000170. The van der Waals surface area contributed by atoms with Crippen LogP contribution in [0.25, 0.3) is 0 Å². The Morgan fingerprint density at radius 2 is 1.73 bits per heavy atom. The van der Waals surface area contributed by atoms with E-state index in [-0.39, 0.29) is 36.7 Å². The van der Waals surface area contributed by atoms with E-state index in [1.54, 1.807) is 6.92 Å². The predicted molar refractivity (Wildman–Crippen MR) is 104 cm³/mol. The fraction of sp³-hybridized carbons (Fsp3) is 0.300. The van der Waals surface area contributed by atoms with Gasteiger partial charge in [0.2, 0.25) is 0 Å². The second kappa shape index (κ2) is 9.59. The predicted octanol–water partition coefficient (Wildman–Crippen LogP) is 2.10. The van der Waals surface area contributed by atoms with Crippen LogP contribution in [0.2, 0.25) is 0 Å². The fourth-order valence-electron chi connectivity index (χ4n) is 2.75. The highest BCUT2D eigenvalue weighted by Gasteiger charge is 2.37. The van der Waals surface area contributed by atoms with Crippen LogP contribution in [0.15, 0.2) is 42.5 Å². The lowest BCUT2D eigenvalue weighted by atomic mass is 9.92. The van der Waals surface area contributed by atoms with E-state index in [0.29, 0.717) is 11.1 Å². The number of nitrogens with one attached hydrogen (secondary N) is 1. The SMILES string of the molecule is CCOC(=O)C(C)(Cc1ccc(O)c(O)c1)NC(=O)c1ccc(CO[N+](=O)[O-])cc1. The first-order chi connectivity index (χ1) is 14.1. The average Bonchev–Trinajstić information content (AvgIpc) is 2.69. The molecule has 0 saturated heterocycles. The molecular formula is C20H22N2O8. The molecule has 0 aliphatic carbocycles. The Kier molecular flexibility index (Phi) is 7.18. The zero-order chi connectivity index (χ0) is 22.3. The molecule has 1 unspecified atom stereocenters. The second-order valence-electron chi connectivity index (χ2n) is 6.70. The second-order valence-corrected chi connectivity index (χ2v) is 6.70. The van der Waals surface area contributed by atoms with E-state index < -0.39 is 22.5 Å². The molecule has 2 aromatic carbocycles. The number of phenolic OH excluding ortho intramolecular Hbond substituents is 2. The Balaban J connectivity index is 2.20. The van der Waals surface area contributed by atoms with Crippen LogP contribution in [-0.2, 0) is 27.4 Å². The Morgan fingerprint density at radius 1 is 1.10 bits per heavy atom. The van der Waals surface area contributed by atoms with Crippen LogP contribution in [-0.4, -0.2) is 39.3 Å². The number of hydrogen-bond donors (Lipinski definition) is 3. The topological polar surface area (TPSA) is 148 Å². The number of benzene rings is 2. The van der Waals surface area contributed by atoms with E-state index in [4.69, 9.17) is 4.74 Å². The van der Waals surface area contributed by atoms with Gasteiger partial charge in [0.1, 0.15) is 12.1 Å². The Morgan fingerprint density at radius 3 is 2.30 bits per heavy atom. The molecule has 0 aromatic heterocycles. The van der Waals surface area contributed by atoms with Gasteiger partial charge in [-0.05, 0) is 49.2 Å². The summed E-state index contributed by atoms with van der Waals surface area (Å²) in [4.78, 5) is 39.8. The molecule has 0 bridgehead atoms. The standard InChI is InChI=1S/C20H22N2O8/c1-3-29-19(26)20(2,11-14-6-9-16(23)17(24)10-14)21-18(25)15-7-4-13(5-8-15)12-30-22(27)28/h4-10,23-24H,3,11-12H2,1-2H3,(H,21,25). The van der Waals surface area contributed by atoms with Crippen LogP contribution < -0.4 is 5.32 Å². The van der Waals surface area contributed by atoms with E-state index in [1.165, 1.54) is 49.4 Å². The van der Waals surface area contributed by atoms with Gasteiger partial charge in [0.15, 0.2) is 11.5 Å². The Bertz CT molecular complexity index is 929. The van der Waals surface area contributed by atoms with E-state index in [2.05, 4.69) is 10.2 Å². The molecule has 3 N–H and O–H groups in total. The summed E-state index contributed by atoms with van der Waals surface area (Å²) in [7, 11) is 0. The van der Waals surface area contributed by atoms with Crippen molar-refractivity contribution in [3.63, 3.8) is 0 Å². The quantitative estimate of drug-likeness (QED) is 0.243. The van der Waals surface area contributed by atoms with Gasteiger partial charge in [-0.2, -0.15) is 0 Å². The number of esters is 1. The summed E-state index contributed by atoms with van der Waals surface area (Å²) in [5.74, 6) is -1.88. The van der Waals surface area contributed by atoms with Crippen LogP contribution in [0.5, 0.6) is 11.5 Å². The molecule has 10 heteroatoms. The van der Waals surface area contributed by atoms with Crippen molar-refractivity contribution < 1.29 is 34.5 Å². The van der Waals surface area contributed by atoms with Crippen LogP contribution in [0.1, 0.15) is 35.3 Å². The minimum absolute atomic E-state index is 0.000170.